The van der Waals surface area contributed by atoms with Crippen LogP contribution < -0.4 is 5.32 Å². The van der Waals surface area contributed by atoms with Crippen LogP contribution in [0.1, 0.15) is 19.3 Å². The van der Waals surface area contributed by atoms with E-state index in [1.54, 1.807) is 0 Å². The summed E-state index contributed by atoms with van der Waals surface area (Å²) in [5, 5.41) is 3.23. The maximum atomic E-state index is 11.5. The zero-order valence-electron chi connectivity index (χ0n) is 8.05. The number of terminal acetylenes is 1. The number of nitrogens with zero attached hydrogens (tertiary/aromatic N) is 1. The first-order chi connectivity index (χ1) is 6.25. The summed E-state index contributed by atoms with van der Waals surface area (Å²) >= 11 is 0. The van der Waals surface area contributed by atoms with Gasteiger partial charge in [0.2, 0.25) is 5.91 Å². The van der Waals surface area contributed by atoms with Crippen LogP contribution in [0.4, 0.5) is 0 Å². The van der Waals surface area contributed by atoms with Crippen LogP contribution in [0.5, 0.6) is 0 Å². The predicted octanol–water partition coefficient (Wildman–Crippen LogP) is 0.220. The highest BCUT2D eigenvalue weighted by molar-refractivity contribution is 5.76. The molecule has 1 unspecified atom stereocenters. The van der Waals surface area contributed by atoms with Crippen molar-refractivity contribution in [2.75, 3.05) is 20.1 Å². The number of hydrogen-bond acceptors (Lipinski definition) is 2. The standard InChI is InChI=1S/C10H16N2O/c1-3-4-5-10(13)12(2)9-6-7-11-8-9/h1,9,11H,4-8H2,2H3. The van der Waals surface area contributed by atoms with Gasteiger partial charge in [0.15, 0.2) is 0 Å². The molecular weight excluding hydrogens is 164 g/mol. The maximum absolute atomic E-state index is 11.5. The van der Waals surface area contributed by atoms with E-state index >= 15 is 0 Å². The average molecular weight is 180 g/mol. The minimum Gasteiger partial charge on any atom is -0.341 e. The van der Waals surface area contributed by atoms with E-state index in [0.29, 0.717) is 18.9 Å². The topological polar surface area (TPSA) is 32.3 Å². The molecule has 1 heterocycles. The van der Waals surface area contributed by atoms with Crippen molar-refractivity contribution in [3.8, 4) is 12.3 Å². The van der Waals surface area contributed by atoms with E-state index in [1.807, 2.05) is 11.9 Å². The van der Waals surface area contributed by atoms with Crippen LogP contribution >= 0.6 is 0 Å². The molecule has 0 aliphatic carbocycles. The Labute approximate surface area is 79.5 Å². The Morgan fingerprint density at radius 3 is 3.08 bits per heavy atom. The molecule has 1 aliphatic rings. The number of nitrogens with one attached hydrogen (secondary N) is 1. The molecule has 72 valence electrons. The van der Waals surface area contributed by atoms with Gasteiger partial charge in [-0.2, -0.15) is 0 Å². The van der Waals surface area contributed by atoms with Crippen LogP contribution in [0.25, 0.3) is 0 Å². The second-order valence-electron chi connectivity index (χ2n) is 3.36. The van der Waals surface area contributed by atoms with Crippen molar-refractivity contribution in [2.24, 2.45) is 0 Å². The normalized spacial score (nSPS) is 21.1. The van der Waals surface area contributed by atoms with E-state index in [2.05, 4.69) is 11.2 Å². The van der Waals surface area contributed by atoms with Gasteiger partial charge in [-0.25, -0.2) is 0 Å². The Morgan fingerprint density at radius 2 is 2.54 bits per heavy atom. The van der Waals surface area contributed by atoms with Crippen molar-refractivity contribution in [3.63, 3.8) is 0 Å². The lowest BCUT2D eigenvalue weighted by molar-refractivity contribution is -0.131. The molecule has 1 atom stereocenters. The lowest BCUT2D eigenvalue weighted by atomic mass is 10.2. The van der Waals surface area contributed by atoms with Crippen LogP contribution in [-0.4, -0.2) is 37.0 Å². The molecule has 0 bridgehead atoms. The van der Waals surface area contributed by atoms with Crippen LogP contribution in [0.2, 0.25) is 0 Å². The second kappa shape index (κ2) is 4.88. The van der Waals surface area contributed by atoms with Crippen molar-refractivity contribution in [1.29, 1.82) is 0 Å². The summed E-state index contributed by atoms with van der Waals surface area (Å²) in [5.74, 6) is 2.64. The fourth-order valence-electron chi connectivity index (χ4n) is 1.53. The number of carbonyl (C=O) groups excluding carboxylic acids is 1. The molecule has 0 saturated carbocycles. The Morgan fingerprint density at radius 1 is 1.77 bits per heavy atom. The van der Waals surface area contributed by atoms with Gasteiger partial charge in [0.05, 0.1) is 0 Å². The minimum absolute atomic E-state index is 0.159. The smallest absolute Gasteiger partial charge is 0.223 e. The van der Waals surface area contributed by atoms with Crippen molar-refractivity contribution in [1.82, 2.24) is 10.2 Å². The molecule has 0 aromatic rings. The number of carbonyl (C=O) groups is 1. The first kappa shape index (κ1) is 10.1. The fraction of sp³-hybridized carbons (Fsp3) is 0.700. The third-order valence-electron chi connectivity index (χ3n) is 2.46. The molecule has 3 heteroatoms. The van der Waals surface area contributed by atoms with Gasteiger partial charge in [-0.05, 0) is 13.0 Å². The molecule has 1 rings (SSSR count). The van der Waals surface area contributed by atoms with Crippen LogP contribution in [-0.2, 0) is 4.79 Å². The van der Waals surface area contributed by atoms with Gasteiger partial charge in [0.25, 0.3) is 0 Å². The molecule has 1 N–H and O–H groups in total. The molecule has 1 amide bonds. The molecule has 13 heavy (non-hydrogen) atoms. The molecule has 0 radical (unpaired) electrons. The number of hydrogen-bond donors (Lipinski definition) is 1. The van der Waals surface area contributed by atoms with Gasteiger partial charge >= 0.3 is 0 Å². The Kier molecular flexibility index (Phi) is 3.78. The Balaban J connectivity index is 2.33. The molecular formula is C10H16N2O. The van der Waals surface area contributed by atoms with Crippen LogP contribution in [0.15, 0.2) is 0 Å². The van der Waals surface area contributed by atoms with Gasteiger partial charge in [-0.15, -0.1) is 12.3 Å². The zero-order valence-corrected chi connectivity index (χ0v) is 8.05. The molecule has 3 nitrogen and oxygen atoms in total. The van der Waals surface area contributed by atoms with Gasteiger partial charge in [-0.3, -0.25) is 4.79 Å². The van der Waals surface area contributed by atoms with Crippen molar-refractivity contribution < 1.29 is 4.79 Å². The quantitative estimate of drug-likeness (QED) is 0.630. The highest BCUT2D eigenvalue weighted by Crippen LogP contribution is 2.08. The fourth-order valence-corrected chi connectivity index (χ4v) is 1.53. The average Bonchev–Trinajstić information content (AvgIpc) is 2.65. The largest absolute Gasteiger partial charge is 0.341 e. The number of likely N-dealkylation sites (N-methyl/N-ethyl adjacent to an activating group) is 1. The Hall–Kier alpha value is -1.01. The predicted molar refractivity (Wildman–Crippen MR) is 52.1 cm³/mol. The van der Waals surface area contributed by atoms with Crippen molar-refractivity contribution >= 4 is 5.91 Å². The first-order valence-electron chi connectivity index (χ1n) is 4.65. The molecule has 0 aromatic heterocycles. The summed E-state index contributed by atoms with van der Waals surface area (Å²) in [6, 6.07) is 0.366. The van der Waals surface area contributed by atoms with Crippen molar-refractivity contribution in [3.05, 3.63) is 0 Å². The molecule has 1 aliphatic heterocycles. The lowest BCUT2D eigenvalue weighted by Crippen LogP contribution is -2.38. The second-order valence-corrected chi connectivity index (χ2v) is 3.36. The number of rotatable bonds is 3. The van der Waals surface area contributed by atoms with Crippen molar-refractivity contribution in [2.45, 2.75) is 25.3 Å². The SMILES string of the molecule is C#CCCC(=O)N(C)C1CCNC1. The molecule has 0 spiro atoms. The lowest BCUT2D eigenvalue weighted by Gasteiger charge is -2.23. The van der Waals surface area contributed by atoms with Gasteiger partial charge < -0.3 is 10.2 Å². The summed E-state index contributed by atoms with van der Waals surface area (Å²) in [6.07, 6.45) is 7.17. The van der Waals surface area contributed by atoms with E-state index in [9.17, 15) is 4.79 Å². The molecule has 1 saturated heterocycles. The highest BCUT2D eigenvalue weighted by Gasteiger charge is 2.22. The summed E-state index contributed by atoms with van der Waals surface area (Å²) in [4.78, 5) is 13.3. The van der Waals surface area contributed by atoms with Crippen LogP contribution in [0.3, 0.4) is 0 Å². The molecule has 0 aromatic carbocycles. The summed E-state index contributed by atoms with van der Waals surface area (Å²) < 4.78 is 0. The van der Waals surface area contributed by atoms with Gasteiger partial charge in [-0.1, -0.05) is 0 Å². The third kappa shape index (κ3) is 2.74. The highest BCUT2D eigenvalue weighted by atomic mass is 16.2. The number of amides is 1. The monoisotopic (exact) mass is 180 g/mol. The van der Waals surface area contributed by atoms with E-state index in [-0.39, 0.29) is 5.91 Å². The Bertz CT molecular complexity index is 213. The first-order valence-corrected chi connectivity index (χ1v) is 4.65. The van der Waals surface area contributed by atoms with E-state index in [4.69, 9.17) is 6.42 Å². The molecule has 1 fully saturated rings. The summed E-state index contributed by atoms with van der Waals surface area (Å²) in [7, 11) is 1.86. The van der Waals surface area contributed by atoms with Gasteiger partial charge in [0, 0.05) is 32.5 Å². The van der Waals surface area contributed by atoms with E-state index < -0.39 is 0 Å². The summed E-state index contributed by atoms with van der Waals surface area (Å²) in [6.45, 7) is 1.93. The van der Waals surface area contributed by atoms with E-state index in [1.165, 1.54) is 0 Å². The summed E-state index contributed by atoms with van der Waals surface area (Å²) in [5.41, 5.74) is 0. The van der Waals surface area contributed by atoms with Gasteiger partial charge in [0.1, 0.15) is 0 Å². The van der Waals surface area contributed by atoms with E-state index in [0.717, 1.165) is 19.5 Å². The maximum Gasteiger partial charge on any atom is 0.223 e. The minimum atomic E-state index is 0.159. The van der Waals surface area contributed by atoms with Crippen LogP contribution in [0, 0.1) is 12.3 Å². The third-order valence-corrected chi connectivity index (χ3v) is 2.46. The zero-order chi connectivity index (χ0) is 9.68.